The molecule has 0 bridgehead atoms. The third kappa shape index (κ3) is 2.49. The summed E-state index contributed by atoms with van der Waals surface area (Å²) in [5, 5.41) is 6.20. The van der Waals surface area contributed by atoms with Gasteiger partial charge in [-0.3, -0.25) is 4.79 Å². The number of benzene rings is 2. The molecular formula is C16H15BrN2O. The Labute approximate surface area is 126 Å². The van der Waals surface area contributed by atoms with Crippen molar-refractivity contribution in [2.24, 2.45) is 0 Å². The van der Waals surface area contributed by atoms with E-state index in [-0.39, 0.29) is 11.9 Å². The molecule has 1 aliphatic rings. The zero-order valence-electron chi connectivity index (χ0n) is 11.1. The monoisotopic (exact) mass is 330 g/mol. The van der Waals surface area contributed by atoms with Gasteiger partial charge in [-0.2, -0.15) is 0 Å². The number of nitrogens with one attached hydrogen (secondary N) is 2. The van der Waals surface area contributed by atoms with Crippen molar-refractivity contribution in [1.82, 2.24) is 5.32 Å². The topological polar surface area (TPSA) is 41.1 Å². The highest BCUT2D eigenvalue weighted by Crippen LogP contribution is 2.30. The van der Waals surface area contributed by atoms with Crippen molar-refractivity contribution < 1.29 is 4.79 Å². The van der Waals surface area contributed by atoms with Crippen LogP contribution >= 0.6 is 15.9 Å². The van der Waals surface area contributed by atoms with Crippen LogP contribution in [0.25, 0.3) is 0 Å². The molecule has 0 saturated carbocycles. The lowest BCUT2D eigenvalue weighted by Gasteiger charge is -2.18. The van der Waals surface area contributed by atoms with Gasteiger partial charge in [-0.25, -0.2) is 0 Å². The van der Waals surface area contributed by atoms with Crippen molar-refractivity contribution in [3.05, 3.63) is 63.6 Å². The first-order valence-electron chi connectivity index (χ1n) is 6.53. The first kappa shape index (κ1) is 13.3. The van der Waals surface area contributed by atoms with Gasteiger partial charge < -0.3 is 10.6 Å². The van der Waals surface area contributed by atoms with Crippen LogP contribution < -0.4 is 10.6 Å². The molecule has 3 nitrogen and oxygen atoms in total. The Hall–Kier alpha value is -1.65. The molecule has 0 fully saturated rings. The van der Waals surface area contributed by atoms with Crippen LogP contribution in [0.1, 0.15) is 22.7 Å². The molecule has 1 aliphatic heterocycles. The van der Waals surface area contributed by atoms with Crippen molar-refractivity contribution in [1.29, 1.82) is 0 Å². The molecule has 2 aromatic rings. The van der Waals surface area contributed by atoms with Gasteiger partial charge in [0.25, 0.3) is 0 Å². The highest BCUT2D eigenvalue weighted by Gasteiger charge is 2.20. The van der Waals surface area contributed by atoms with Gasteiger partial charge in [0, 0.05) is 10.2 Å². The molecule has 1 atom stereocenters. The fourth-order valence-electron chi connectivity index (χ4n) is 2.64. The van der Waals surface area contributed by atoms with E-state index in [9.17, 15) is 4.79 Å². The predicted octanol–water partition coefficient (Wildman–Crippen LogP) is 3.25. The third-order valence-corrected chi connectivity index (χ3v) is 4.05. The van der Waals surface area contributed by atoms with Gasteiger partial charge in [0.2, 0.25) is 5.91 Å². The molecule has 1 amide bonds. The SMILES string of the molecule is CNC(c1cccc(Br)c1)c1ccc2c(c1)CC(=O)N2. The van der Waals surface area contributed by atoms with Crippen molar-refractivity contribution >= 4 is 27.5 Å². The number of anilines is 1. The Kier molecular flexibility index (Phi) is 3.59. The quantitative estimate of drug-likeness (QED) is 0.906. The molecule has 2 N–H and O–H groups in total. The number of hydrogen-bond acceptors (Lipinski definition) is 2. The van der Waals surface area contributed by atoms with Gasteiger partial charge in [0.15, 0.2) is 0 Å². The average Bonchev–Trinajstić information content (AvgIpc) is 2.79. The summed E-state index contributed by atoms with van der Waals surface area (Å²) in [5.74, 6) is 0.0700. The van der Waals surface area contributed by atoms with Crippen molar-refractivity contribution in [3.63, 3.8) is 0 Å². The molecule has 0 aromatic heterocycles. The molecule has 4 heteroatoms. The van der Waals surface area contributed by atoms with Crippen LogP contribution in [-0.2, 0) is 11.2 Å². The molecule has 0 radical (unpaired) electrons. The molecule has 2 aromatic carbocycles. The molecular weight excluding hydrogens is 316 g/mol. The van der Waals surface area contributed by atoms with E-state index in [4.69, 9.17) is 0 Å². The minimum atomic E-state index is 0.0700. The maximum Gasteiger partial charge on any atom is 0.228 e. The fourth-order valence-corrected chi connectivity index (χ4v) is 3.06. The molecule has 102 valence electrons. The smallest absolute Gasteiger partial charge is 0.228 e. The average molecular weight is 331 g/mol. The van der Waals surface area contributed by atoms with Crippen molar-refractivity contribution in [2.45, 2.75) is 12.5 Å². The number of hydrogen-bond donors (Lipinski definition) is 2. The Bertz CT molecular complexity index is 669. The normalized spacial score (nSPS) is 14.8. The van der Waals surface area contributed by atoms with E-state index in [1.165, 1.54) is 11.1 Å². The van der Waals surface area contributed by atoms with E-state index in [2.05, 4.69) is 50.8 Å². The Morgan fingerprint density at radius 3 is 2.75 bits per heavy atom. The summed E-state index contributed by atoms with van der Waals surface area (Å²) >= 11 is 3.51. The van der Waals surface area contributed by atoms with Gasteiger partial charge in [-0.05, 0) is 41.9 Å². The van der Waals surface area contributed by atoms with Gasteiger partial charge in [-0.1, -0.05) is 40.2 Å². The van der Waals surface area contributed by atoms with Gasteiger partial charge in [0.05, 0.1) is 12.5 Å². The summed E-state index contributed by atoms with van der Waals surface area (Å²) in [6.45, 7) is 0. The van der Waals surface area contributed by atoms with Gasteiger partial charge in [0.1, 0.15) is 0 Å². The van der Waals surface area contributed by atoms with Crippen LogP contribution in [0.3, 0.4) is 0 Å². The van der Waals surface area contributed by atoms with Gasteiger partial charge >= 0.3 is 0 Å². The molecule has 3 rings (SSSR count). The lowest BCUT2D eigenvalue weighted by atomic mass is 9.96. The summed E-state index contributed by atoms with van der Waals surface area (Å²) in [5.41, 5.74) is 4.37. The Morgan fingerprint density at radius 2 is 2.00 bits per heavy atom. The predicted molar refractivity (Wildman–Crippen MR) is 83.8 cm³/mol. The number of rotatable bonds is 3. The molecule has 0 saturated heterocycles. The van der Waals surface area contributed by atoms with Gasteiger partial charge in [-0.15, -0.1) is 0 Å². The first-order chi connectivity index (χ1) is 9.67. The minimum Gasteiger partial charge on any atom is -0.326 e. The van der Waals surface area contributed by atoms with Crippen molar-refractivity contribution in [3.8, 4) is 0 Å². The second-order valence-corrected chi connectivity index (χ2v) is 5.83. The van der Waals surface area contributed by atoms with E-state index in [0.717, 1.165) is 15.7 Å². The fraction of sp³-hybridized carbons (Fsp3) is 0.188. The van der Waals surface area contributed by atoms with Crippen LogP contribution in [0, 0.1) is 0 Å². The van der Waals surface area contributed by atoms with Crippen LogP contribution in [-0.4, -0.2) is 13.0 Å². The number of amides is 1. The lowest BCUT2D eigenvalue weighted by molar-refractivity contribution is -0.115. The summed E-state index contributed by atoms with van der Waals surface area (Å²) in [7, 11) is 1.95. The number of carbonyl (C=O) groups is 1. The maximum absolute atomic E-state index is 11.4. The largest absolute Gasteiger partial charge is 0.326 e. The number of fused-ring (bicyclic) bond motifs is 1. The van der Waals surface area contributed by atoms with Crippen LogP contribution in [0.5, 0.6) is 0 Å². The highest BCUT2D eigenvalue weighted by atomic mass is 79.9. The highest BCUT2D eigenvalue weighted by molar-refractivity contribution is 9.10. The van der Waals surface area contributed by atoms with Crippen LogP contribution in [0.15, 0.2) is 46.9 Å². The molecule has 0 spiro atoms. The Balaban J connectivity index is 1.98. The summed E-state index contributed by atoms with van der Waals surface area (Å²) in [4.78, 5) is 11.4. The third-order valence-electron chi connectivity index (χ3n) is 3.56. The van der Waals surface area contributed by atoms with E-state index in [0.29, 0.717) is 6.42 Å². The standard InChI is InChI=1S/C16H15BrN2O/c1-18-16(10-3-2-4-13(17)8-10)11-5-6-14-12(7-11)9-15(20)19-14/h2-8,16,18H,9H2,1H3,(H,19,20). The Morgan fingerprint density at radius 1 is 1.20 bits per heavy atom. The minimum absolute atomic E-state index is 0.0700. The van der Waals surface area contributed by atoms with Crippen molar-refractivity contribution in [2.75, 3.05) is 12.4 Å². The first-order valence-corrected chi connectivity index (χ1v) is 7.32. The van der Waals surface area contributed by atoms with E-state index >= 15 is 0 Å². The molecule has 0 aliphatic carbocycles. The second kappa shape index (κ2) is 5.38. The van der Waals surface area contributed by atoms with E-state index in [1.54, 1.807) is 0 Å². The lowest BCUT2D eigenvalue weighted by Crippen LogP contribution is -2.17. The summed E-state index contributed by atoms with van der Waals surface area (Å²) < 4.78 is 1.06. The number of halogens is 1. The van der Waals surface area contributed by atoms with E-state index < -0.39 is 0 Å². The van der Waals surface area contributed by atoms with Crippen LogP contribution in [0.2, 0.25) is 0 Å². The van der Waals surface area contributed by atoms with Crippen LogP contribution in [0.4, 0.5) is 5.69 Å². The number of carbonyl (C=O) groups excluding carboxylic acids is 1. The second-order valence-electron chi connectivity index (χ2n) is 4.92. The van der Waals surface area contributed by atoms with E-state index in [1.807, 2.05) is 25.2 Å². The molecule has 20 heavy (non-hydrogen) atoms. The maximum atomic E-state index is 11.4. The zero-order chi connectivity index (χ0) is 14.1. The zero-order valence-corrected chi connectivity index (χ0v) is 12.7. The summed E-state index contributed by atoms with van der Waals surface area (Å²) in [6.07, 6.45) is 0.470. The summed E-state index contributed by atoms with van der Waals surface area (Å²) in [6, 6.07) is 14.5. The molecule has 1 heterocycles. The molecule has 1 unspecified atom stereocenters.